The van der Waals surface area contributed by atoms with Gasteiger partial charge in [0.05, 0.1) is 0 Å². The molecule has 1 heterocycles. The van der Waals surface area contributed by atoms with Gasteiger partial charge in [-0.2, -0.15) is 0 Å². The Morgan fingerprint density at radius 3 is 2.68 bits per heavy atom. The van der Waals surface area contributed by atoms with E-state index >= 15 is 0 Å². The molecule has 0 amide bonds. The Hall–Kier alpha value is -1.40. The van der Waals surface area contributed by atoms with Crippen molar-refractivity contribution in [3.63, 3.8) is 0 Å². The number of methoxy groups -OCH3 is 1. The third-order valence-electron chi connectivity index (χ3n) is 4.15. The SMILES string of the molecule is COCc1nc(NN)cc(NCC2(C3CC3)CC2)n1. The molecule has 6 nitrogen and oxygen atoms in total. The topological polar surface area (TPSA) is 85.1 Å². The highest BCUT2D eigenvalue weighted by Crippen LogP contribution is 2.61. The van der Waals surface area contributed by atoms with Crippen LogP contribution in [0.5, 0.6) is 0 Å². The standard InChI is InChI=1S/C13H21N5O/c1-19-7-12-16-10(6-11(17-12)18-14)15-8-13(4-5-13)9-2-3-9/h6,9H,2-5,7-8,14H2,1H3,(H2,15,16,17,18). The van der Waals surface area contributed by atoms with Gasteiger partial charge in [0.15, 0.2) is 5.82 Å². The predicted molar refractivity (Wildman–Crippen MR) is 73.4 cm³/mol. The van der Waals surface area contributed by atoms with Crippen LogP contribution in [0.15, 0.2) is 6.07 Å². The second kappa shape index (κ2) is 4.94. The van der Waals surface area contributed by atoms with Crippen LogP contribution in [0.1, 0.15) is 31.5 Å². The van der Waals surface area contributed by atoms with Crippen LogP contribution >= 0.6 is 0 Å². The minimum Gasteiger partial charge on any atom is -0.377 e. The van der Waals surface area contributed by atoms with E-state index in [1.807, 2.05) is 6.07 Å². The number of nitrogens with one attached hydrogen (secondary N) is 2. The number of hydrazine groups is 1. The highest BCUT2D eigenvalue weighted by Gasteiger charge is 2.53. The molecule has 1 aromatic heterocycles. The largest absolute Gasteiger partial charge is 0.377 e. The molecular weight excluding hydrogens is 242 g/mol. The van der Waals surface area contributed by atoms with Gasteiger partial charge >= 0.3 is 0 Å². The van der Waals surface area contributed by atoms with Gasteiger partial charge in [-0.15, -0.1) is 0 Å². The van der Waals surface area contributed by atoms with E-state index in [1.54, 1.807) is 7.11 Å². The van der Waals surface area contributed by atoms with Gasteiger partial charge in [0.25, 0.3) is 0 Å². The average Bonchev–Trinajstić information content (AvgIpc) is 3.28. The Morgan fingerprint density at radius 1 is 1.37 bits per heavy atom. The highest BCUT2D eigenvalue weighted by atomic mass is 16.5. The van der Waals surface area contributed by atoms with Gasteiger partial charge in [-0.05, 0) is 37.0 Å². The van der Waals surface area contributed by atoms with Gasteiger partial charge < -0.3 is 15.5 Å². The minimum atomic E-state index is 0.387. The molecule has 0 atom stereocenters. The minimum absolute atomic E-state index is 0.387. The summed E-state index contributed by atoms with van der Waals surface area (Å²) in [7, 11) is 1.63. The molecule has 3 rings (SSSR count). The van der Waals surface area contributed by atoms with Crippen LogP contribution in [0.4, 0.5) is 11.6 Å². The molecular formula is C13H21N5O. The van der Waals surface area contributed by atoms with Crippen molar-refractivity contribution >= 4 is 11.6 Å². The summed E-state index contributed by atoms with van der Waals surface area (Å²) in [5.74, 6) is 8.43. The van der Waals surface area contributed by atoms with Crippen LogP contribution in [-0.4, -0.2) is 23.6 Å². The van der Waals surface area contributed by atoms with Gasteiger partial charge in [-0.3, -0.25) is 0 Å². The zero-order chi connectivity index (χ0) is 13.3. The molecule has 0 spiro atoms. The molecule has 1 aromatic rings. The molecule has 0 aromatic carbocycles. The number of hydrogen-bond donors (Lipinski definition) is 3. The lowest BCUT2D eigenvalue weighted by Crippen LogP contribution is -2.19. The fourth-order valence-electron chi connectivity index (χ4n) is 2.71. The van der Waals surface area contributed by atoms with Crippen molar-refractivity contribution in [1.29, 1.82) is 0 Å². The Labute approximate surface area is 113 Å². The van der Waals surface area contributed by atoms with Gasteiger partial charge in [-0.25, -0.2) is 15.8 Å². The summed E-state index contributed by atoms with van der Waals surface area (Å²) < 4.78 is 5.07. The van der Waals surface area contributed by atoms with Gasteiger partial charge in [-0.1, -0.05) is 0 Å². The molecule has 2 aliphatic carbocycles. The van der Waals surface area contributed by atoms with Gasteiger partial charge in [0.2, 0.25) is 0 Å². The second-order valence-electron chi connectivity index (χ2n) is 5.62. The van der Waals surface area contributed by atoms with Crippen molar-refractivity contribution in [2.75, 3.05) is 24.4 Å². The normalized spacial score (nSPS) is 20.1. The average molecular weight is 263 g/mol. The molecule has 0 unspecified atom stereocenters. The number of nitrogen functional groups attached to an aromatic ring is 1. The lowest BCUT2D eigenvalue weighted by Gasteiger charge is -2.16. The van der Waals surface area contributed by atoms with Crippen molar-refractivity contribution in [3.8, 4) is 0 Å². The summed E-state index contributed by atoms with van der Waals surface area (Å²) in [5, 5.41) is 3.44. The Bertz CT molecular complexity index is 456. The molecule has 6 heteroatoms. The van der Waals surface area contributed by atoms with Crippen molar-refractivity contribution < 1.29 is 4.74 Å². The van der Waals surface area contributed by atoms with E-state index in [4.69, 9.17) is 10.6 Å². The van der Waals surface area contributed by atoms with Crippen LogP contribution in [0.2, 0.25) is 0 Å². The number of aromatic nitrogens is 2. The number of nitrogens with zero attached hydrogens (tertiary/aromatic N) is 2. The summed E-state index contributed by atoms with van der Waals surface area (Å²) in [6.45, 7) is 1.39. The third kappa shape index (κ3) is 2.79. The second-order valence-corrected chi connectivity index (χ2v) is 5.62. The molecule has 19 heavy (non-hydrogen) atoms. The van der Waals surface area contributed by atoms with Crippen LogP contribution in [-0.2, 0) is 11.3 Å². The lowest BCUT2D eigenvalue weighted by atomic mass is 10.0. The van der Waals surface area contributed by atoms with E-state index in [1.165, 1.54) is 25.7 Å². The number of rotatable bonds is 7. The number of nitrogens with two attached hydrogens (primary N) is 1. The maximum atomic E-state index is 5.43. The van der Waals surface area contributed by atoms with Crippen LogP contribution in [0.3, 0.4) is 0 Å². The van der Waals surface area contributed by atoms with Crippen LogP contribution < -0.4 is 16.6 Å². The van der Waals surface area contributed by atoms with Crippen LogP contribution in [0, 0.1) is 11.3 Å². The van der Waals surface area contributed by atoms with Crippen molar-refractivity contribution in [3.05, 3.63) is 11.9 Å². The Balaban J connectivity index is 1.67. The monoisotopic (exact) mass is 263 g/mol. The quantitative estimate of drug-likeness (QED) is 0.511. The van der Waals surface area contributed by atoms with Gasteiger partial charge in [0.1, 0.15) is 18.2 Å². The third-order valence-corrected chi connectivity index (χ3v) is 4.15. The molecule has 104 valence electrons. The van der Waals surface area contributed by atoms with E-state index in [9.17, 15) is 0 Å². The highest BCUT2D eigenvalue weighted by molar-refractivity contribution is 5.47. The lowest BCUT2D eigenvalue weighted by molar-refractivity contribution is 0.178. The first-order valence-electron chi connectivity index (χ1n) is 6.83. The van der Waals surface area contributed by atoms with E-state index in [2.05, 4.69) is 20.7 Å². The van der Waals surface area contributed by atoms with E-state index in [-0.39, 0.29) is 0 Å². The van der Waals surface area contributed by atoms with E-state index < -0.39 is 0 Å². The molecule has 2 saturated carbocycles. The summed E-state index contributed by atoms with van der Waals surface area (Å²) in [6, 6.07) is 1.84. The summed E-state index contributed by atoms with van der Waals surface area (Å²) in [6.07, 6.45) is 5.50. The molecule has 4 N–H and O–H groups in total. The first kappa shape index (κ1) is 12.6. The smallest absolute Gasteiger partial charge is 0.158 e. The maximum absolute atomic E-state index is 5.43. The molecule has 0 aliphatic heterocycles. The summed E-state index contributed by atoms with van der Waals surface area (Å²) in [4.78, 5) is 8.68. The fraction of sp³-hybridized carbons (Fsp3) is 0.692. The summed E-state index contributed by atoms with van der Waals surface area (Å²) in [5.41, 5.74) is 3.11. The van der Waals surface area contributed by atoms with E-state index in [0.717, 1.165) is 18.3 Å². The molecule has 0 saturated heterocycles. The van der Waals surface area contributed by atoms with Crippen LogP contribution in [0.25, 0.3) is 0 Å². The number of ether oxygens (including phenoxy) is 1. The summed E-state index contributed by atoms with van der Waals surface area (Å²) >= 11 is 0. The van der Waals surface area contributed by atoms with Gasteiger partial charge in [0, 0.05) is 19.7 Å². The van der Waals surface area contributed by atoms with Crippen molar-refractivity contribution in [2.45, 2.75) is 32.3 Å². The first-order chi connectivity index (χ1) is 9.25. The number of anilines is 2. The predicted octanol–water partition coefficient (Wildman–Crippen LogP) is 1.51. The zero-order valence-corrected chi connectivity index (χ0v) is 11.3. The van der Waals surface area contributed by atoms with Crippen molar-refractivity contribution in [2.24, 2.45) is 17.2 Å². The Morgan fingerprint density at radius 2 is 2.11 bits per heavy atom. The zero-order valence-electron chi connectivity index (χ0n) is 11.3. The molecule has 2 aliphatic rings. The molecule has 2 fully saturated rings. The first-order valence-corrected chi connectivity index (χ1v) is 6.83. The van der Waals surface area contributed by atoms with Crippen molar-refractivity contribution in [1.82, 2.24) is 9.97 Å². The molecule has 0 bridgehead atoms. The van der Waals surface area contributed by atoms with E-state index in [0.29, 0.717) is 23.7 Å². The molecule has 0 radical (unpaired) electrons. The maximum Gasteiger partial charge on any atom is 0.158 e. The fourth-order valence-corrected chi connectivity index (χ4v) is 2.71. The Kier molecular flexibility index (Phi) is 3.28. The number of hydrogen-bond acceptors (Lipinski definition) is 6.